The molecule has 1 saturated heterocycles. The smallest absolute Gasteiger partial charge is 0.252 e. The zero-order chi connectivity index (χ0) is 13.3. The fraction of sp³-hybridized carbons (Fsp3) is 0.333. The Morgan fingerprint density at radius 1 is 1.39 bits per heavy atom. The Labute approximate surface area is 103 Å². The molecule has 1 aliphatic heterocycles. The largest absolute Gasteiger partial charge is 0.371 e. The van der Waals surface area contributed by atoms with Gasteiger partial charge < -0.3 is 5.32 Å². The lowest BCUT2D eigenvalue weighted by Gasteiger charge is -2.14. The summed E-state index contributed by atoms with van der Waals surface area (Å²) in [6, 6.07) is 2.82. The third-order valence-electron chi connectivity index (χ3n) is 2.84. The molecule has 0 aromatic heterocycles. The maximum absolute atomic E-state index is 13.4. The second-order valence-electron chi connectivity index (χ2n) is 3.98. The highest BCUT2D eigenvalue weighted by atomic mass is 19.2. The van der Waals surface area contributed by atoms with E-state index in [-0.39, 0.29) is 24.6 Å². The van der Waals surface area contributed by atoms with Crippen molar-refractivity contribution < 1.29 is 18.4 Å². The Hall–Kier alpha value is -1.98. The molecule has 18 heavy (non-hydrogen) atoms. The van der Waals surface area contributed by atoms with Crippen LogP contribution in [0.25, 0.3) is 0 Å². The molecule has 0 radical (unpaired) electrons. The molecule has 2 amide bonds. The molecule has 4 nitrogen and oxygen atoms in total. The van der Waals surface area contributed by atoms with Gasteiger partial charge in [0.25, 0.3) is 5.91 Å². The van der Waals surface area contributed by atoms with Crippen molar-refractivity contribution in [2.24, 2.45) is 0 Å². The molecule has 96 valence electrons. The molecule has 0 spiro atoms. The van der Waals surface area contributed by atoms with Gasteiger partial charge in [0.05, 0.1) is 12.1 Å². The third kappa shape index (κ3) is 2.05. The Balaban J connectivity index is 2.18. The van der Waals surface area contributed by atoms with E-state index in [4.69, 9.17) is 0 Å². The molecule has 1 heterocycles. The van der Waals surface area contributed by atoms with Gasteiger partial charge in [-0.25, -0.2) is 8.78 Å². The van der Waals surface area contributed by atoms with Crippen molar-refractivity contribution in [3.05, 3.63) is 29.8 Å². The first-order valence-electron chi connectivity index (χ1n) is 5.59. The summed E-state index contributed by atoms with van der Waals surface area (Å²) in [6.45, 7) is 1.96. The van der Waals surface area contributed by atoms with E-state index in [1.807, 2.05) is 0 Å². The first kappa shape index (κ1) is 12.5. The number of benzene rings is 1. The quantitative estimate of drug-likeness (QED) is 0.832. The molecule has 1 aliphatic rings. The van der Waals surface area contributed by atoms with Crippen LogP contribution in [-0.4, -0.2) is 29.3 Å². The van der Waals surface area contributed by atoms with Gasteiger partial charge in [0.2, 0.25) is 5.91 Å². The van der Waals surface area contributed by atoms with Gasteiger partial charge in [-0.05, 0) is 19.1 Å². The van der Waals surface area contributed by atoms with E-state index >= 15 is 0 Å². The molecule has 1 unspecified atom stereocenters. The van der Waals surface area contributed by atoms with Crippen LogP contribution in [0.15, 0.2) is 18.2 Å². The van der Waals surface area contributed by atoms with Crippen molar-refractivity contribution in [1.82, 2.24) is 4.90 Å². The Morgan fingerprint density at radius 2 is 2.11 bits per heavy atom. The zero-order valence-electron chi connectivity index (χ0n) is 9.74. The van der Waals surface area contributed by atoms with Gasteiger partial charge in [-0.3, -0.25) is 14.5 Å². The number of nitrogens with zero attached hydrogens (tertiary/aromatic N) is 1. The summed E-state index contributed by atoms with van der Waals surface area (Å²) in [6.07, 6.45) is -0.0391. The molecule has 0 aliphatic carbocycles. The van der Waals surface area contributed by atoms with Crippen LogP contribution in [0.5, 0.6) is 0 Å². The fourth-order valence-electron chi connectivity index (χ4n) is 1.93. The second-order valence-corrected chi connectivity index (χ2v) is 3.98. The summed E-state index contributed by atoms with van der Waals surface area (Å²) in [5.41, 5.74) is -0.112. The minimum Gasteiger partial charge on any atom is -0.371 e. The van der Waals surface area contributed by atoms with E-state index < -0.39 is 23.6 Å². The van der Waals surface area contributed by atoms with Gasteiger partial charge in [-0.15, -0.1) is 0 Å². The maximum Gasteiger partial charge on any atom is 0.252 e. The Morgan fingerprint density at radius 3 is 2.72 bits per heavy atom. The van der Waals surface area contributed by atoms with Crippen molar-refractivity contribution in [1.29, 1.82) is 0 Å². The number of hydrogen-bond donors (Lipinski definition) is 1. The molecule has 1 aromatic rings. The van der Waals surface area contributed by atoms with Crippen LogP contribution in [0.2, 0.25) is 0 Å². The molecule has 1 fully saturated rings. The van der Waals surface area contributed by atoms with Crippen molar-refractivity contribution >= 4 is 17.5 Å². The van der Waals surface area contributed by atoms with E-state index in [9.17, 15) is 18.4 Å². The lowest BCUT2D eigenvalue weighted by atomic mass is 10.2. The van der Waals surface area contributed by atoms with E-state index in [1.165, 1.54) is 12.1 Å². The van der Waals surface area contributed by atoms with E-state index in [1.54, 1.807) is 6.92 Å². The van der Waals surface area contributed by atoms with Crippen LogP contribution in [0.1, 0.15) is 13.3 Å². The minimum atomic E-state index is -1.05. The predicted octanol–water partition coefficient (Wildman–Crippen LogP) is 1.52. The van der Waals surface area contributed by atoms with Crippen LogP contribution in [-0.2, 0) is 9.59 Å². The number of hydrogen-bond acceptors (Lipinski definition) is 3. The highest BCUT2D eigenvalue weighted by Gasteiger charge is 2.37. The summed E-state index contributed by atoms with van der Waals surface area (Å²) in [5.74, 6) is -2.76. The molecule has 1 atom stereocenters. The van der Waals surface area contributed by atoms with Gasteiger partial charge in [0, 0.05) is 6.54 Å². The van der Waals surface area contributed by atoms with Crippen LogP contribution < -0.4 is 5.32 Å². The summed E-state index contributed by atoms with van der Waals surface area (Å²) in [5, 5.41) is 2.57. The van der Waals surface area contributed by atoms with Crippen LogP contribution >= 0.6 is 0 Å². The number of anilines is 1. The van der Waals surface area contributed by atoms with E-state index in [0.29, 0.717) is 0 Å². The molecule has 0 bridgehead atoms. The average Bonchev–Trinajstić information content (AvgIpc) is 2.60. The topological polar surface area (TPSA) is 49.4 Å². The van der Waals surface area contributed by atoms with Crippen LogP contribution in [0.3, 0.4) is 0 Å². The molecule has 2 rings (SSSR count). The van der Waals surface area contributed by atoms with Crippen molar-refractivity contribution in [2.75, 3.05) is 11.9 Å². The van der Waals surface area contributed by atoms with E-state index in [2.05, 4.69) is 5.32 Å². The number of imide groups is 1. The monoisotopic (exact) mass is 254 g/mol. The third-order valence-corrected chi connectivity index (χ3v) is 2.84. The molecule has 6 heteroatoms. The number of rotatable bonds is 3. The zero-order valence-corrected chi connectivity index (χ0v) is 9.74. The normalized spacial score (nSPS) is 19.5. The first-order chi connectivity index (χ1) is 8.54. The number of carbonyl (C=O) groups excluding carboxylic acids is 2. The van der Waals surface area contributed by atoms with Crippen molar-refractivity contribution in [2.45, 2.75) is 19.4 Å². The second kappa shape index (κ2) is 4.72. The number of amides is 2. The molecule has 1 aromatic carbocycles. The fourth-order valence-corrected chi connectivity index (χ4v) is 1.93. The van der Waals surface area contributed by atoms with Gasteiger partial charge in [0.15, 0.2) is 11.6 Å². The summed E-state index contributed by atoms with van der Waals surface area (Å²) < 4.78 is 26.4. The van der Waals surface area contributed by atoms with Gasteiger partial charge in [0.1, 0.15) is 6.04 Å². The van der Waals surface area contributed by atoms with Gasteiger partial charge in [-0.2, -0.15) is 0 Å². The van der Waals surface area contributed by atoms with Crippen LogP contribution in [0, 0.1) is 11.6 Å². The van der Waals surface area contributed by atoms with E-state index in [0.717, 1.165) is 11.0 Å². The molecule has 0 saturated carbocycles. The number of halogens is 2. The summed E-state index contributed by atoms with van der Waals surface area (Å²) in [4.78, 5) is 24.3. The minimum absolute atomic E-state index is 0.0391. The molecular formula is C12H12F2N2O2. The highest BCUT2D eigenvalue weighted by Crippen LogP contribution is 2.21. The van der Waals surface area contributed by atoms with Gasteiger partial charge >= 0.3 is 0 Å². The highest BCUT2D eigenvalue weighted by molar-refractivity contribution is 6.06. The number of nitrogens with one attached hydrogen (secondary N) is 1. The lowest BCUT2D eigenvalue weighted by Crippen LogP contribution is -2.34. The Bertz CT molecular complexity index is 505. The molecular weight excluding hydrogens is 242 g/mol. The maximum atomic E-state index is 13.4. The number of likely N-dealkylation sites (tertiary alicyclic amines) is 1. The SMILES string of the molecule is CCN1C(=O)CC(Nc2cccc(F)c2F)C1=O. The summed E-state index contributed by atoms with van der Waals surface area (Å²) in [7, 11) is 0. The standard InChI is InChI=1S/C12H12F2N2O2/c1-2-16-10(17)6-9(12(16)18)15-8-5-3-4-7(13)11(8)14/h3-5,9,15H,2,6H2,1H3. The number of likely N-dealkylation sites (N-methyl/N-ethyl adjacent to an activating group) is 1. The van der Waals surface area contributed by atoms with Crippen molar-refractivity contribution in [3.63, 3.8) is 0 Å². The summed E-state index contributed by atoms with van der Waals surface area (Å²) >= 11 is 0. The average molecular weight is 254 g/mol. The molecule has 1 N–H and O–H groups in total. The lowest BCUT2D eigenvalue weighted by molar-refractivity contribution is -0.138. The predicted molar refractivity (Wildman–Crippen MR) is 60.8 cm³/mol. The van der Waals surface area contributed by atoms with Crippen LogP contribution in [0.4, 0.5) is 14.5 Å². The first-order valence-corrected chi connectivity index (χ1v) is 5.59. The number of carbonyl (C=O) groups is 2. The van der Waals surface area contributed by atoms with Crippen molar-refractivity contribution in [3.8, 4) is 0 Å². The Kier molecular flexibility index (Phi) is 3.27. The van der Waals surface area contributed by atoms with Gasteiger partial charge in [-0.1, -0.05) is 6.07 Å².